The summed E-state index contributed by atoms with van der Waals surface area (Å²) in [5.41, 5.74) is 4.12. The van der Waals surface area contributed by atoms with Crippen LogP contribution in [0.2, 0.25) is 0 Å². The molecular weight excluding hydrogens is 348 g/mol. The van der Waals surface area contributed by atoms with Crippen LogP contribution in [-0.4, -0.2) is 49.6 Å². The molecule has 3 N–H and O–H groups in total. The molecule has 0 unspecified atom stereocenters. The number of ketones is 1. The smallest absolute Gasteiger partial charge is 0.330 e. The third kappa shape index (κ3) is 4.25. The summed E-state index contributed by atoms with van der Waals surface area (Å²) in [6.45, 7) is 4.46. The summed E-state index contributed by atoms with van der Waals surface area (Å²) in [5, 5.41) is 8.18. The fraction of sp³-hybridized carbons (Fsp3) is 0.357. The van der Waals surface area contributed by atoms with E-state index in [-0.39, 0.29) is 30.3 Å². The highest BCUT2D eigenvalue weighted by atomic mass is 32.2. The van der Waals surface area contributed by atoms with E-state index in [1.54, 1.807) is 10.6 Å². The molecule has 0 aliphatic carbocycles. The Kier molecular flexibility index (Phi) is 6.31. The lowest BCUT2D eigenvalue weighted by Gasteiger charge is -2.11. The van der Waals surface area contributed by atoms with Gasteiger partial charge in [0.15, 0.2) is 10.9 Å². The maximum atomic E-state index is 12.4. The second-order valence-electron chi connectivity index (χ2n) is 4.93. The van der Waals surface area contributed by atoms with Crippen molar-refractivity contribution in [3.05, 3.63) is 45.4 Å². The molecule has 2 rings (SSSR count). The van der Waals surface area contributed by atoms with Gasteiger partial charge in [-0.05, 0) is 0 Å². The van der Waals surface area contributed by atoms with E-state index in [1.165, 1.54) is 13.4 Å². The molecule has 0 saturated heterocycles. The van der Waals surface area contributed by atoms with Gasteiger partial charge in [0.1, 0.15) is 17.7 Å². The topological polar surface area (TPSA) is 138 Å². The number of thioether (sulfide) groups is 1. The number of anilines is 1. The lowest BCUT2D eigenvalue weighted by molar-refractivity contribution is 0.102. The number of aromatic amines is 1. The number of Topliss-reactive ketones (excluding diaryl/α,β-unsaturated/α-hetero) is 1. The summed E-state index contributed by atoms with van der Waals surface area (Å²) < 4.78 is 7.70. The number of carbonyl (C=O) groups is 1. The Morgan fingerprint density at radius 1 is 1.52 bits per heavy atom. The number of carbonyl (C=O) groups excluding carboxylic acids is 1. The highest BCUT2D eigenvalue weighted by Crippen LogP contribution is 2.17. The van der Waals surface area contributed by atoms with Crippen LogP contribution < -0.4 is 17.0 Å². The zero-order valence-corrected chi connectivity index (χ0v) is 14.4. The van der Waals surface area contributed by atoms with Gasteiger partial charge in [-0.3, -0.25) is 19.1 Å². The Morgan fingerprint density at radius 2 is 2.28 bits per heavy atom. The normalized spacial score (nSPS) is 10.8. The van der Waals surface area contributed by atoms with E-state index in [9.17, 15) is 14.4 Å². The molecule has 2 aromatic rings. The van der Waals surface area contributed by atoms with E-state index >= 15 is 0 Å². The van der Waals surface area contributed by atoms with Crippen LogP contribution in [0.5, 0.6) is 0 Å². The minimum atomic E-state index is -0.811. The zero-order valence-electron chi connectivity index (χ0n) is 13.6. The molecule has 2 aromatic heterocycles. The molecule has 0 aliphatic heterocycles. The molecule has 10 nitrogen and oxygen atoms in total. The van der Waals surface area contributed by atoms with Crippen molar-refractivity contribution in [3.63, 3.8) is 0 Å². The number of aromatic nitrogens is 5. The van der Waals surface area contributed by atoms with Gasteiger partial charge in [-0.25, -0.2) is 4.79 Å². The molecule has 2 heterocycles. The van der Waals surface area contributed by atoms with Gasteiger partial charge >= 0.3 is 5.69 Å². The van der Waals surface area contributed by atoms with Gasteiger partial charge < -0.3 is 15.0 Å². The lowest BCUT2D eigenvalue weighted by atomic mass is 10.2. The number of H-pyrrole nitrogens is 1. The summed E-state index contributed by atoms with van der Waals surface area (Å²) >= 11 is 1.11. The fourth-order valence-corrected chi connectivity index (χ4v) is 2.88. The monoisotopic (exact) mass is 366 g/mol. The van der Waals surface area contributed by atoms with Crippen molar-refractivity contribution < 1.29 is 9.53 Å². The van der Waals surface area contributed by atoms with Crippen LogP contribution in [0.3, 0.4) is 0 Å². The minimum Gasteiger partial charge on any atom is -0.384 e. The van der Waals surface area contributed by atoms with E-state index in [2.05, 4.69) is 21.8 Å². The third-order valence-electron chi connectivity index (χ3n) is 3.28. The maximum absolute atomic E-state index is 12.4. The summed E-state index contributed by atoms with van der Waals surface area (Å²) in [4.78, 5) is 38.4. The van der Waals surface area contributed by atoms with E-state index in [0.717, 1.165) is 16.3 Å². The molecule has 0 atom stereocenters. The quantitative estimate of drug-likeness (QED) is 0.345. The number of nitrogens with zero attached hydrogens (tertiary/aromatic N) is 4. The predicted molar refractivity (Wildman–Crippen MR) is 92.9 cm³/mol. The number of methoxy groups -OCH3 is 1. The van der Waals surface area contributed by atoms with Crippen molar-refractivity contribution in [2.45, 2.75) is 18.2 Å². The Labute approximate surface area is 146 Å². The Bertz CT molecular complexity index is 884. The summed E-state index contributed by atoms with van der Waals surface area (Å²) in [6.07, 6.45) is 3.18. The van der Waals surface area contributed by atoms with E-state index < -0.39 is 17.0 Å². The summed E-state index contributed by atoms with van der Waals surface area (Å²) in [5.74, 6) is -0.766. The van der Waals surface area contributed by atoms with Crippen molar-refractivity contribution in [2.75, 3.05) is 25.2 Å². The molecule has 11 heteroatoms. The molecule has 0 aromatic carbocycles. The number of hydrogen-bond acceptors (Lipinski definition) is 8. The van der Waals surface area contributed by atoms with Crippen LogP contribution in [-0.2, 0) is 17.8 Å². The first-order valence-electron chi connectivity index (χ1n) is 7.25. The number of nitrogens with two attached hydrogens (primary N) is 1. The molecule has 0 saturated carbocycles. The van der Waals surface area contributed by atoms with Crippen LogP contribution in [0, 0.1) is 0 Å². The molecule has 0 aliphatic rings. The first-order valence-corrected chi connectivity index (χ1v) is 8.24. The first kappa shape index (κ1) is 18.7. The Morgan fingerprint density at radius 3 is 2.96 bits per heavy atom. The van der Waals surface area contributed by atoms with Gasteiger partial charge in [0.2, 0.25) is 0 Å². The number of allylic oxidation sites excluding steroid dienone is 1. The molecule has 134 valence electrons. The molecule has 0 amide bonds. The molecule has 0 spiro atoms. The van der Waals surface area contributed by atoms with Crippen LogP contribution in [0.1, 0.15) is 10.4 Å². The van der Waals surface area contributed by atoms with Crippen LogP contribution in [0.25, 0.3) is 0 Å². The zero-order chi connectivity index (χ0) is 18.4. The largest absolute Gasteiger partial charge is 0.384 e. The van der Waals surface area contributed by atoms with Gasteiger partial charge in [0.05, 0.1) is 18.9 Å². The number of nitrogens with one attached hydrogen (secondary N) is 1. The minimum absolute atomic E-state index is 0.0778. The van der Waals surface area contributed by atoms with Crippen molar-refractivity contribution >= 4 is 23.4 Å². The molecule has 0 bridgehead atoms. The maximum Gasteiger partial charge on any atom is 0.330 e. The predicted octanol–water partition coefficient (Wildman–Crippen LogP) is -0.482. The number of hydrogen-bond donors (Lipinski definition) is 2. The van der Waals surface area contributed by atoms with Gasteiger partial charge in [0.25, 0.3) is 5.56 Å². The fourth-order valence-electron chi connectivity index (χ4n) is 2.08. The molecule has 0 radical (unpaired) electrons. The van der Waals surface area contributed by atoms with Crippen molar-refractivity contribution in [3.8, 4) is 0 Å². The van der Waals surface area contributed by atoms with Crippen molar-refractivity contribution in [2.24, 2.45) is 0 Å². The van der Waals surface area contributed by atoms with Gasteiger partial charge in [0, 0.05) is 13.7 Å². The van der Waals surface area contributed by atoms with E-state index in [1.807, 2.05) is 0 Å². The Hall–Kier alpha value is -2.66. The highest BCUT2D eigenvalue weighted by Gasteiger charge is 2.20. The average Bonchev–Trinajstić information content (AvgIpc) is 3.00. The van der Waals surface area contributed by atoms with Crippen LogP contribution >= 0.6 is 11.8 Å². The van der Waals surface area contributed by atoms with Crippen LogP contribution in [0.15, 0.2) is 33.7 Å². The standard InChI is InChI=1S/C14H18N6O4S/c1-3-4-19-8-16-18-14(19)25-7-9(21)10-11(15)20(5-6-24-2)13(23)17-12(10)22/h3,8H,1,4-7,15H2,2H3,(H,17,22,23). The van der Waals surface area contributed by atoms with Gasteiger partial charge in [-0.1, -0.05) is 17.8 Å². The highest BCUT2D eigenvalue weighted by molar-refractivity contribution is 7.99. The lowest BCUT2D eigenvalue weighted by Crippen LogP contribution is -2.37. The average molecular weight is 366 g/mol. The van der Waals surface area contributed by atoms with E-state index in [4.69, 9.17) is 10.5 Å². The number of nitrogen functional groups attached to an aromatic ring is 1. The summed E-state index contributed by atoms with van der Waals surface area (Å²) in [7, 11) is 1.47. The SMILES string of the molecule is C=CCn1cnnc1SCC(=O)c1c(N)n(CCOC)c(=O)[nH]c1=O. The third-order valence-corrected chi connectivity index (χ3v) is 4.26. The number of ether oxygens (including phenoxy) is 1. The van der Waals surface area contributed by atoms with E-state index in [0.29, 0.717) is 11.7 Å². The summed E-state index contributed by atoms with van der Waals surface area (Å²) in [6, 6.07) is 0. The molecule has 25 heavy (non-hydrogen) atoms. The van der Waals surface area contributed by atoms with Crippen molar-refractivity contribution in [1.82, 2.24) is 24.3 Å². The number of rotatable bonds is 9. The van der Waals surface area contributed by atoms with Gasteiger partial charge in [-0.15, -0.1) is 16.8 Å². The Balaban J connectivity index is 2.24. The first-order chi connectivity index (χ1) is 12.0. The molecule has 0 fully saturated rings. The van der Waals surface area contributed by atoms with Crippen LogP contribution in [0.4, 0.5) is 5.82 Å². The second kappa shape index (κ2) is 8.44. The molecular formula is C14H18N6O4S. The van der Waals surface area contributed by atoms with Crippen molar-refractivity contribution in [1.29, 1.82) is 0 Å². The van der Waals surface area contributed by atoms with Gasteiger partial charge in [-0.2, -0.15) is 0 Å². The second-order valence-corrected chi connectivity index (χ2v) is 5.87.